The highest BCUT2D eigenvalue weighted by molar-refractivity contribution is 7.19. The molecular weight excluding hydrogens is 386 g/mol. The average Bonchev–Trinajstić information content (AvgIpc) is 3.10. The third-order valence-corrected chi connectivity index (χ3v) is 5.59. The minimum Gasteiger partial charge on any atom is -0.493 e. The van der Waals surface area contributed by atoms with Crippen molar-refractivity contribution in [3.63, 3.8) is 0 Å². The lowest BCUT2D eigenvalue weighted by Gasteiger charge is -2.07. The molecule has 0 spiro atoms. The fourth-order valence-corrected chi connectivity index (χ4v) is 4.19. The average molecular weight is 405 g/mol. The monoisotopic (exact) mass is 405 g/mol. The van der Waals surface area contributed by atoms with Crippen molar-refractivity contribution in [2.45, 2.75) is 6.92 Å². The van der Waals surface area contributed by atoms with E-state index in [9.17, 15) is 4.79 Å². The molecule has 2 aromatic heterocycles. The molecule has 0 atom stereocenters. The number of nitrogens with zero attached hydrogens (tertiary/aromatic N) is 3. The Morgan fingerprint density at radius 3 is 2.55 bits per heavy atom. The van der Waals surface area contributed by atoms with Crippen LogP contribution in [0.3, 0.4) is 0 Å². The standard InChI is InChI=1S/C22H19N3O3S/c1-14-19(16-7-5-4-6-8-16)20-21(29-14)23-13-25(22(20)26)24-12-15-9-10-17(27-2)18(11-15)28-3/h4-13H,1-3H3/b24-12+. The molecule has 0 bridgehead atoms. The van der Waals surface area contributed by atoms with Crippen molar-refractivity contribution in [2.75, 3.05) is 14.2 Å². The molecule has 0 N–H and O–H groups in total. The molecule has 146 valence electrons. The van der Waals surface area contributed by atoms with E-state index < -0.39 is 0 Å². The summed E-state index contributed by atoms with van der Waals surface area (Å²) in [5.74, 6) is 1.23. The van der Waals surface area contributed by atoms with E-state index in [0.29, 0.717) is 21.7 Å². The highest BCUT2D eigenvalue weighted by Crippen LogP contribution is 2.35. The summed E-state index contributed by atoms with van der Waals surface area (Å²) in [5.41, 5.74) is 2.49. The summed E-state index contributed by atoms with van der Waals surface area (Å²) in [4.78, 5) is 19.4. The summed E-state index contributed by atoms with van der Waals surface area (Å²) < 4.78 is 11.8. The quantitative estimate of drug-likeness (QED) is 0.464. The second kappa shape index (κ2) is 7.89. The van der Waals surface area contributed by atoms with Crippen LogP contribution in [0.1, 0.15) is 10.4 Å². The lowest BCUT2D eigenvalue weighted by Crippen LogP contribution is -2.16. The van der Waals surface area contributed by atoms with Crippen LogP contribution in [0.15, 0.2) is 64.8 Å². The Bertz CT molecular complexity index is 1260. The van der Waals surface area contributed by atoms with Gasteiger partial charge in [-0.05, 0) is 36.2 Å². The first-order valence-electron chi connectivity index (χ1n) is 8.95. The van der Waals surface area contributed by atoms with Crippen LogP contribution in [0.25, 0.3) is 21.3 Å². The van der Waals surface area contributed by atoms with Gasteiger partial charge in [0, 0.05) is 10.4 Å². The Morgan fingerprint density at radius 1 is 1.07 bits per heavy atom. The van der Waals surface area contributed by atoms with Gasteiger partial charge in [0.05, 0.1) is 25.8 Å². The third kappa shape index (κ3) is 3.52. The fourth-order valence-electron chi connectivity index (χ4n) is 3.19. The molecule has 6 nitrogen and oxygen atoms in total. The zero-order valence-corrected chi connectivity index (χ0v) is 17.1. The lowest BCUT2D eigenvalue weighted by molar-refractivity contribution is 0.355. The lowest BCUT2D eigenvalue weighted by atomic mass is 10.0. The summed E-state index contributed by atoms with van der Waals surface area (Å²) in [6, 6.07) is 15.3. The molecule has 0 fully saturated rings. The van der Waals surface area contributed by atoms with E-state index in [1.165, 1.54) is 22.3 Å². The molecule has 0 unspecified atom stereocenters. The molecule has 0 aliphatic heterocycles. The molecule has 0 radical (unpaired) electrons. The molecular formula is C22H19N3O3S. The summed E-state index contributed by atoms with van der Waals surface area (Å²) in [6.45, 7) is 2.01. The number of ether oxygens (including phenoxy) is 2. The van der Waals surface area contributed by atoms with Gasteiger partial charge in [-0.3, -0.25) is 4.79 Å². The number of thiophene rings is 1. The number of aromatic nitrogens is 2. The predicted molar refractivity (Wildman–Crippen MR) is 117 cm³/mol. The van der Waals surface area contributed by atoms with Crippen molar-refractivity contribution in [1.82, 2.24) is 9.66 Å². The first-order chi connectivity index (χ1) is 14.1. The van der Waals surface area contributed by atoms with Crippen molar-refractivity contribution in [1.29, 1.82) is 0 Å². The van der Waals surface area contributed by atoms with Crippen molar-refractivity contribution in [2.24, 2.45) is 5.10 Å². The van der Waals surface area contributed by atoms with E-state index in [-0.39, 0.29) is 5.56 Å². The number of hydrogen-bond donors (Lipinski definition) is 0. The van der Waals surface area contributed by atoms with E-state index in [2.05, 4.69) is 10.1 Å². The Kier molecular flexibility index (Phi) is 5.14. The minimum absolute atomic E-state index is 0.199. The van der Waals surface area contributed by atoms with Gasteiger partial charge in [0.2, 0.25) is 0 Å². The van der Waals surface area contributed by atoms with Crippen LogP contribution in [0.5, 0.6) is 11.5 Å². The molecule has 0 saturated heterocycles. The molecule has 0 aliphatic carbocycles. The number of fused-ring (bicyclic) bond motifs is 1. The van der Waals surface area contributed by atoms with Crippen LogP contribution in [-0.4, -0.2) is 30.1 Å². The van der Waals surface area contributed by atoms with Crippen LogP contribution >= 0.6 is 11.3 Å². The molecule has 4 rings (SSSR count). The SMILES string of the molecule is COc1ccc(/C=N/n2cnc3sc(C)c(-c4ccccc4)c3c2=O)cc1OC. The Hall–Kier alpha value is -3.45. The molecule has 0 aliphatic rings. The molecule has 2 heterocycles. The molecule has 2 aromatic carbocycles. The largest absolute Gasteiger partial charge is 0.493 e. The van der Waals surface area contributed by atoms with Gasteiger partial charge in [0.25, 0.3) is 5.56 Å². The topological polar surface area (TPSA) is 65.7 Å². The van der Waals surface area contributed by atoms with Gasteiger partial charge in [-0.2, -0.15) is 9.78 Å². The number of aryl methyl sites for hydroxylation is 1. The minimum atomic E-state index is -0.199. The van der Waals surface area contributed by atoms with Crippen LogP contribution in [-0.2, 0) is 0 Å². The Morgan fingerprint density at radius 2 is 1.83 bits per heavy atom. The zero-order valence-electron chi connectivity index (χ0n) is 16.2. The van der Waals surface area contributed by atoms with Gasteiger partial charge in [-0.15, -0.1) is 11.3 Å². The van der Waals surface area contributed by atoms with E-state index >= 15 is 0 Å². The van der Waals surface area contributed by atoms with Gasteiger partial charge in [0.1, 0.15) is 11.2 Å². The van der Waals surface area contributed by atoms with Crippen molar-refractivity contribution in [3.05, 3.63) is 75.7 Å². The van der Waals surface area contributed by atoms with Crippen molar-refractivity contribution < 1.29 is 9.47 Å². The molecule has 29 heavy (non-hydrogen) atoms. The Labute approximate surface area is 171 Å². The molecule has 0 amide bonds. The smallest absolute Gasteiger partial charge is 0.283 e. The molecule has 7 heteroatoms. The van der Waals surface area contributed by atoms with Crippen molar-refractivity contribution in [3.8, 4) is 22.6 Å². The number of rotatable bonds is 5. The summed E-state index contributed by atoms with van der Waals surface area (Å²) in [6.07, 6.45) is 3.05. The number of benzene rings is 2. The van der Waals surface area contributed by atoms with Crippen LogP contribution in [0, 0.1) is 6.92 Å². The van der Waals surface area contributed by atoms with Gasteiger partial charge in [-0.25, -0.2) is 4.98 Å². The normalized spacial score (nSPS) is 11.3. The van der Waals surface area contributed by atoms with Crippen LogP contribution in [0.4, 0.5) is 0 Å². The van der Waals surface area contributed by atoms with Gasteiger partial charge >= 0.3 is 0 Å². The summed E-state index contributed by atoms with van der Waals surface area (Å²) in [7, 11) is 3.16. The second-order valence-electron chi connectivity index (χ2n) is 6.33. The van der Waals surface area contributed by atoms with Crippen LogP contribution < -0.4 is 15.0 Å². The summed E-state index contributed by atoms with van der Waals surface area (Å²) in [5, 5.41) is 4.91. The van der Waals surface area contributed by atoms with Gasteiger partial charge in [-0.1, -0.05) is 30.3 Å². The number of hydrogen-bond acceptors (Lipinski definition) is 6. The summed E-state index contributed by atoms with van der Waals surface area (Å²) >= 11 is 1.51. The maximum absolute atomic E-state index is 13.2. The zero-order chi connectivity index (χ0) is 20.4. The predicted octanol–water partition coefficient (Wildman–Crippen LogP) is 4.33. The fraction of sp³-hybridized carbons (Fsp3) is 0.136. The van der Waals surface area contributed by atoms with E-state index in [4.69, 9.17) is 9.47 Å². The van der Waals surface area contributed by atoms with E-state index in [0.717, 1.165) is 21.6 Å². The second-order valence-corrected chi connectivity index (χ2v) is 7.54. The maximum Gasteiger partial charge on any atom is 0.283 e. The molecule has 4 aromatic rings. The maximum atomic E-state index is 13.2. The van der Waals surface area contributed by atoms with Gasteiger partial charge < -0.3 is 9.47 Å². The highest BCUT2D eigenvalue weighted by atomic mass is 32.1. The number of methoxy groups -OCH3 is 2. The Balaban J connectivity index is 1.79. The van der Waals surface area contributed by atoms with Gasteiger partial charge in [0.15, 0.2) is 11.5 Å². The third-order valence-electron chi connectivity index (χ3n) is 4.57. The highest BCUT2D eigenvalue weighted by Gasteiger charge is 2.16. The first kappa shape index (κ1) is 18.9. The molecule has 0 saturated carbocycles. The van der Waals surface area contributed by atoms with E-state index in [1.807, 2.05) is 43.3 Å². The van der Waals surface area contributed by atoms with Crippen molar-refractivity contribution >= 4 is 27.8 Å². The first-order valence-corrected chi connectivity index (χ1v) is 9.76. The van der Waals surface area contributed by atoms with Crippen LogP contribution in [0.2, 0.25) is 0 Å². The van der Waals surface area contributed by atoms with E-state index in [1.54, 1.807) is 32.6 Å².